The number of hydrogen-bond donors (Lipinski definition) is 1. The number of aryl methyl sites for hydroxylation is 1. The minimum atomic E-state index is -0.267. The molecule has 6 heteroatoms. The van der Waals surface area contributed by atoms with Crippen LogP contribution in [0.2, 0.25) is 0 Å². The molecular formula is C31H38N2O4. The second-order valence-electron chi connectivity index (χ2n) is 9.28. The molecule has 0 aliphatic rings. The highest BCUT2D eigenvalue weighted by atomic mass is 16.5. The van der Waals surface area contributed by atoms with Crippen LogP contribution in [0, 0.1) is 0 Å². The number of ether oxygens (including phenoxy) is 2. The summed E-state index contributed by atoms with van der Waals surface area (Å²) in [4.78, 5) is 28.4. The number of nitrogens with one attached hydrogen (secondary N) is 1. The molecule has 0 saturated heterocycles. The number of carbonyl (C=O) groups excluding carboxylic acids is 2. The van der Waals surface area contributed by atoms with Crippen molar-refractivity contribution in [1.82, 2.24) is 10.3 Å². The molecule has 196 valence electrons. The van der Waals surface area contributed by atoms with Crippen LogP contribution in [-0.2, 0) is 33.8 Å². The second kappa shape index (κ2) is 16.1. The normalized spacial score (nSPS) is 11.5. The molecule has 0 saturated carbocycles. The molecule has 6 nitrogen and oxygen atoms in total. The van der Waals surface area contributed by atoms with Crippen LogP contribution in [0.3, 0.4) is 0 Å². The summed E-state index contributed by atoms with van der Waals surface area (Å²) in [6.07, 6.45) is 10.7. The van der Waals surface area contributed by atoms with E-state index in [2.05, 4.69) is 34.6 Å². The number of rotatable bonds is 16. The molecule has 1 N–H and O–H groups in total. The van der Waals surface area contributed by atoms with Crippen molar-refractivity contribution >= 4 is 11.9 Å². The van der Waals surface area contributed by atoms with Crippen molar-refractivity contribution in [1.29, 1.82) is 0 Å². The van der Waals surface area contributed by atoms with Crippen LogP contribution in [0.25, 0.3) is 0 Å². The van der Waals surface area contributed by atoms with Gasteiger partial charge in [0.1, 0.15) is 12.4 Å². The Morgan fingerprint density at radius 2 is 1.59 bits per heavy atom. The quantitative estimate of drug-likeness (QED) is 0.197. The molecule has 2 aromatic carbocycles. The summed E-state index contributed by atoms with van der Waals surface area (Å²) in [6.45, 7) is 0.456. The molecule has 1 atom stereocenters. The minimum Gasteiger partial charge on any atom is -0.489 e. The van der Waals surface area contributed by atoms with Gasteiger partial charge in [-0.1, -0.05) is 61.4 Å². The standard InChI is InChI=1S/C31H38N2O4/c1-36-31(35)20-17-28(33-30(34)14-8-3-2-5-10-25-11-6-4-7-12-25)22-26-15-18-29(19-16-26)37-24-27-13-9-21-32-23-27/h4,6-7,9,11-13,15-16,18-19,21,23,28H,2-3,5,8,10,14,17,20,22,24H2,1H3,(H,33,34)/t28-/m0/s1. The molecular weight excluding hydrogens is 464 g/mol. The molecule has 0 bridgehead atoms. The Morgan fingerprint density at radius 1 is 0.838 bits per heavy atom. The summed E-state index contributed by atoms with van der Waals surface area (Å²) in [5, 5.41) is 3.14. The molecule has 1 aromatic heterocycles. The van der Waals surface area contributed by atoms with Crippen molar-refractivity contribution in [3.8, 4) is 5.75 Å². The lowest BCUT2D eigenvalue weighted by atomic mass is 10.0. The summed E-state index contributed by atoms with van der Waals surface area (Å²) in [5.41, 5.74) is 3.44. The number of aromatic nitrogens is 1. The Morgan fingerprint density at radius 3 is 2.32 bits per heavy atom. The van der Waals surface area contributed by atoms with E-state index in [1.165, 1.54) is 12.7 Å². The number of esters is 1. The van der Waals surface area contributed by atoms with Gasteiger partial charge in [-0.05, 0) is 61.4 Å². The predicted octanol–water partition coefficient (Wildman–Crippen LogP) is 5.83. The van der Waals surface area contributed by atoms with Crippen LogP contribution >= 0.6 is 0 Å². The Balaban J connectivity index is 1.41. The van der Waals surface area contributed by atoms with Gasteiger partial charge in [0.05, 0.1) is 7.11 Å². The van der Waals surface area contributed by atoms with E-state index in [0.717, 1.165) is 49.0 Å². The molecule has 3 rings (SSSR count). The zero-order chi connectivity index (χ0) is 26.1. The number of nitrogens with zero attached hydrogens (tertiary/aromatic N) is 1. The third-order valence-corrected chi connectivity index (χ3v) is 6.29. The van der Waals surface area contributed by atoms with Gasteiger partial charge in [0.2, 0.25) is 5.91 Å². The number of benzene rings is 2. The summed E-state index contributed by atoms with van der Waals surface area (Å²) < 4.78 is 10.6. The molecule has 0 radical (unpaired) electrons. The van der Waals surface area contributed by atoms with E-state index in [-0.39, 0.29) is 24.3 Å². The Labute approximate surface area is 220 Å². The van der Waals surface area contributed by atoms with Crippen LogP contribution in [0.5, 0.6) is 5.75 Å². The lowest BCUT2D eigenvalue weighted by molar-refractivity contribution is -0.141. The van der Waals surface area contributed by atoms with Crippen molar-refractivity contribution in [2.24, 2.45) is 0 Å². The molecule has 37 heavy (non-hydrogen) atoms. The van der Waals surface area contributed by atoms with Gasteiger partial charge in [-0.15, -0.1) is 0 Å². The maximum atomic E-state index is 12.6. The molecule has 0 aliphatic carbocycles. The highest BCUT2D eigenvalue weighted by molar-refractivity contribution is 5.76. The van der Waals surface area contributed by atoms with Gasteiger partial charge in [-0.25, -0.2) is 0 Å². The maximum absolute atomic E-state index is 12.6. The van der Waals surface area contributed by atoms with Crippen LogP contribution < -0.4 is 10.1 Å². The average molecular weight is 503 g/mol. The molecule has 1 amide bonds. The van der Waals surface area contributed by atoms with Gasteiger partial charge in [-0.3, -0.25) is 14.6 Å². The number of amides is 1. The summed E-state index contributed by atoms with van der Waals surface area (Å²) >= 11 is 0. The van der Waals surface area contributed by atoms with E-state index in [9.17, 15) is 9.59 Å². The molecule has 0 fully saturated rings. The number of hydrogen-bond acceptors (Lipinski definition) is 5. The first kappa shape index (κ1) is 27.9. The van der Waals surface area contributed by atoms with Crippen molar-refractivity contribution in [3.05, 3.63) is 95.8 Å². The lowest BCUT2D eigenvalue weighted by Crippen LogP contribution is -2.36. The largest absolute Gasteiger partial charge is 0.489 e. The summed E-state index contributed by atoms with van der Waals surface area (Å²) in [5.74, 6) is 0.543. The first-order valence-electron chi connectivity index (χ1n) is 13.1. The van der Waals surface area contributed by atoms with Crippen LogP contribution in [0.4, 0.5) is 0 Å². The van der Waals surface area contributed by atoms with Crippen molar-refractivity contribution in [2.45, 2.75) is 70.4 Å². The fourth-order valence-electron chi connectivity index (χ4n) is 4.19. The fourth-order valence-corrected chi connectivity index (χ4v) is 4.19. The van der Waals surface area contributed by atoms with Gasteiger partial charge in [-0.2, -0.15) is 0 Å². The SMILES string of the molecule is COC(=O)CC[C@@H](Cc1ccc(OCc2cccnc2)cc1)NC(=O)CCCCCCc1ccccc1. The van der Waals surface area contributed by atoms with E-state index in [4.69, 9.17) is 9.47 Å². The topological polar surface area (TPSA) is 77.5 Å². The number of pyridine rings is 1. The van der Waals surface area contributed by atoms with E-state index >= 15 is 0 Å². The maximum Gasteiger partial charge on any atom is 0.305 e. The molecule has 1 heterocycles. The molecule has 0 spiro atoms. The van der Waals surface area contributed by atoms with Gasteiger partial charge in [0.15, 0.2) is 0 Å². The van der Waals surface area contributed by atoms with E-state index in [1.54, 1.807) is 12.4 Å². The summed E-state index contributed by atoms with van der Waals surface area (Å²) in [7, 11) is 1.39. The van der Waals surface area contributed by atoms with Crippen molar-refractivity contribution in [3.63, 3.8) is 0 Å². The van der Waals surface area contributed by atoms with E-state index in [0.29, 0.717) is 25.9 Å². The Hall–Kier alpha value is -3.67. The lowest BCUT2D eigenvalue weighted by Gasteiger charge is -2.19. The van der Waals surface area contributed by atoms with Gasteiger partial charge < -0.3 is 14.8 Å². The Bertz CT molecular complexity index is 1060. The number of methoxy groups -OCH3 is 1. The smallest absolute Gasteiger partial charge is 0.305 e. The molecule has 0 unspecified atom stereocenters. The fraction of sp³-hybridized carbons (Fsp3) is 0.387. The zero-order valence-electron chi connectivity index (χ0n) is 21.7. The van der Waals surface area contributed by atoms with Crippen molar-refractivity contribution < 1.29 is 19.1 Å². The van der Waals surface area contributed by atoms with Gasteiger partial charge in [0.25, 0.3) is 0 Å². The van der Waals surface area contributed by atoms with E-state index < -0.39 is 0 Å². The second-order valence-corrected chi connectivity index (χ2v) is 9.28. The molecule has 0 aliphatic heterocycles. The van der Waals surface area contributed by atoms with E-state index in [1.807, 2.05) is 42.5 Å². The predicted molar refractivity (Wildman–Crippen MR) is 145 cm³/mol. The highest BCUT2D eigenvalue weighted by Crippen LogP contribution is 2.17. The van der Waals surface area contributed by atoms with Crippen molar-refractivity contribution in [2.75, 3.05) is 7.11 Å². The third kappa shape index (κ3) is 11.3. The summed E-state index contributed by atoms with van der Waals surface area (Å²) in [6, 6.07) is 22.1. The number of unbranched alkanes of at least 4 members (excludes halogenated alkanes) is 3. The third-order valence-electron chi connectivity index (χ3n) is 6.29. The van der Waals surface area contributed by atoms with Crippen LogP contribution in [-0.4, -0.2) is 30.0 Å². The molecule has 3 aromatic rings. The number of carbonyl (C=O) groups is 2. The first-order chi connectivity index (χ1) is 18.1. The highest BCUT2D eigenvalue weighted by Gasteiger charge is 2.15. The van der Waals surface area contributed by atoms with Crippen LogP contribution in [0.1, 0.15) is 61.6 Å². The average Bonchev–Trinajstić information content (AvgIpc) is 2.94. The van der Waals surface area contributed by atoms with Gasteiger partial charge in [0, 0.05) is 36.8 Å². The van der Waals surface area contributed by atoms with Gasteiger partial charge >= 0.3 is 5.97 Å². The van der Waals surface area contributed by atoms with Crippen LogP contribution in [0.15, 0.2) is 79.1 Å². The Kier molecular flexibility index (Phi) is 12.2. The minimum absolute atomic E-state index is 0.0364. The monoisotopic (exact) mass is 502 g/mol. The first-order valence-corrected chi connectivity index (χ1v) is 13.1. The zero-order valence-corrected chi connectivity index (χ0v) is 21.7.